The summed E-state index contributed by atoms with van der Waals surface area (Å²) in [4.78, 5) is 7.41. The molecule has 3 aromatic rings. The largest absolute Gasteiger partial charge is 0.487 e. The molecule has 0 aliphatic heterocycles. The van der Waals surface area contributed by atoms with Crippen LogP contribution in [-0.4, -0.2) is 9.38 Å². The molecule has 0 spiro atoms. The van der Waals surface area contributed by atoms with Gasteiger partial charge in [-0.15, -0.1) is 0 Å². The number of imidazole rings is 1. The summed E-state index contributed by atoms with van der Waals surface area (Å²) in [5.74, 6) is 0.834. The fourth-order valence-electron chi connectivity index (χ4n) is 1.68. The minimum atomic E-state index is 0.478. The Morgan fingerprint density at radius 2 is 2.06 bits per heavy atom. The number of nitrogens with one attached hydrogen (secondary N) is 1. The van der Waals surface area contributed by atoms with Crippen molar-refractivity contribution in [2.24, 2.45) is 0 Å². The summed E-state index contributed by atoms with van der Waals surface area (Å²) in [7, 11) is 0. The van der Waals surface area contributed by atoms with Gasteiger partial charge in [-0.2, -0.15) is 0 Å². The van der Waals surface area contributed by atoms with Crippen LogP contribution in [0.2, 0.25) is 0 Å². The predicted molar refractivity (Wildman–Crippen MR) is 62.5 cm³/mol. The Kier molecular flexibility index (Phi) is 2.46. The normalized spacial score (nSPS) is 10.6. The highest BCUT2D eigenvalue weighted by Crippen LogP contribution is 2.10. The summed E-state index contributed by atoms with van der Waals surface area (Å²) < 4.78 is 7.61. The van der Waals surface area contributed by atoms with E-state index in [1.807, 2.05) is 59.5 Å². The molecule has 0 aromatic carbocycles. The van der Waals surface area contributed by atoms with E-state index in [4.69, 9.17) is 4.74 Å². The van der Waals surface area contributed by atoms with Crippen molar-refractivity contribution in [3.63, 3.8) is 0 Å². The average molecular weight is 226 g/mol. The average Bonchev–Trinajstić information content (AvgIpc) is 2.80. The van der Waals surface area contributed by atoms with Crippen LogP contribution in [0.15, 0.2) is 55.1 Å². The zero-order valence-corrected chi connectivity index (χ0v) is 9.21. The molecule has 4 nitrogen and oxygen atoms in total. The van der Waals surface area contributed by atoms with E-state index in [2.05, 4.69) is 9.97 Å². The lowest BCUT2D eigenvalue weighted by atomic mass is 10.4. The lowest BCUT2D eigenvalue weighted by Crippen LogP contribution is -2.00. The van der Waals surface area contributed by atoms with Crippen molar-refractivity contribution < 1.29 is 9.72 Å². The number of rotatable bonds is 3. The van der Waals surface area contributed by atoms with Crippen LogP contribution in [0.5, 0.6) is 5.75 Å². The Labute approximate surface area is 98.5 Å². The second kappa shape index (κ2) is 4.25. The topological polar surface area (TPSA) is 40.7 Å². The fourth-order valence-corrected chi connectivity index (χ4v) is 1.68. The van der Waals surface area contributed by atoms with Gasteiger partial charge in [0.25, 0.3) is 0 Å². The number of hydrogen-bond donors (Lipinski definition) is 0. The van der Waals surface area contributed by atoms with Gasteiger partial charge in [-0.05, 0) is 12.1 Å². The van der Waals surface area contributed by atoms with Crippen molar-refractivity contribution in [2.75, 3.05) is 0 Å². The fraction of sp³-hybridized carbons (Fsp3) is 0.0769. The molecular weight excluding hydrogens is 214 g/mol. The first-order valence-electron chi connectivity index (χ1n) is 5.43. The number of nitrogens with zero attached hydrogens (tertiary/aromatic N) is 2. The van der Waals surface area contributed by atoms with E-state index in [1.54, 1.807) is 0 Å². The van der Waals surface area contributed by atoms with Gasteiger partial charge in [0.15, 0.2) is 12.4 Å². The highest BCUT2D eigenvalue weighted by atomic mass is 16.5. The van der Waals surface area contributed by atoms with Crippen LogP contribution in [0.3, 0.4) is 0 Å². The van der Waals surface area contributed by atoms with Crippen molar-refractivity contribution in [1.29, 1.82) is 0 Å². The maximum Gasteiger partial charge on any atom is 0.170 e. The summed E-state index contributed by atoms with van der Waals surface area (Å²) in [5.41, 5.74) is 1.86. The molecule has 0 fully saturated rings. The summed E-state index contributed by atoms with van der Waals surface area (Å²) >= 11 is 0. The first-order valence-corrected chi connectivity index (χ1v) is 5.43. The van der Waals surface area contributed by atoms with Crippen LogP contribution < -0.4 is 9.72 Å². The minimum Gasteiger partial charge on any atom is -0.487 e. The van der Waals surface area contributed by atoms with Gasteiger partial charge < -0.3 is 9.14 Å². The third-order valence-electron chi connectivity index (χ3n) is 2.49. The van der Waals surface area contributed by atoms with Gasteiger partial charge >= 0.3 is 0 Å². The van der Waals surface area contributed by atoms with Gasteiger partial charge in [-0.1, -0.05) is 6.07 Å². The smallest absolute Gasteiger partial charge is 0.170 e. The Hall–Kier alpha value is -2.36. The zero-order valence-electron chi connectivity index (χ0n) is 9.21. The Balaban J connectivity index is 1.77. The van der Waals surface area contributed by atoms with Gasteiger partial charge in [0, 0.05) is 24.5 Å². The van der Waals surface area contributed by atoms with Gasteiger partial charge in [0.2, 0.25) is 0 Å². The van der Waals surface area contributed by atoms with Gasteiger partial charge in [0.1, 0.15) is 18.0 Å². The van der Waals surface area contributed by atoms with Crippen molar-refractivity contribution in [3.8, 4) is 5.75 Å². The lowest BCUT2D eigenvalue weighted by molar-refractivity contribution is -0.378. The maximum absolute atomic E-state index is 5.63. The molecule has 0 aliphatic rings. The van der Waals surface area contributed by atoms with E-state index >= 15 is 0 Å². The summed E-state index contributed by atoms with van der Waals surface area (Å²) in [6, 6.07) is 9.69. The molecule has 0 radical (unpaired) electrons. The molecule has 0 atom stereocenters. The highest BCUT2D eigenvalue weighted by Gasteiger charge is 2.02. The van der Waals surface area contributed by atoms with Gasteiger partial charge in [0.05, 0.1) is 5.69 Å². The molecule has 3 heterocycles. The van der Waals surface area contributed by atoms with Crippen LogP contribution in [0.25, 0.3) is 5.65 Å². The molecule has 0 saturated carbocycles. The second-order valence-corrected chi connectivity index (χ2v) is 3.72. The molecular formula is C13H12N3O+. The molecule has 0 aliphatic carbocycles. The quantitative estimate of drug-likeness (QED) is 0.682. The van der Waals surface area contributed by atoms with Crippen LogP contribution in [-0.2, 0) is 6.61 Å². The maximum atomic E-state index is 5.63. The number of ether oxygens (including phenoxy) is 1. The third-order valence-corrected chi connectivity index (χ3v) is 2.49. The number of fused-ring (bicyclic) bond motifs is 1. The van der Waals surface area contributed by atoms with Gasteiger partial charge in [-0.25, -0.2) is 9.97 Å². The molecule has 84 valence electrons. The summed E-state index contributed by atoms with van der Waals surface area (Å²) in [6.07, 6.45) is 7.62. The molecule has 1 N–H and O–H groups in total. The third kappa shape index (κ3) is 2.10. The number of aromatic amines is 1. The van der Waals surface area contributed by atoms with E-state index in [9.17, 15) is 0 Å². The monoisotopic (exact) mass is 226 g/mol. The van der Waals surface area contributed by atoms with Crippen LogP contribution in [0.1, 0.15) is 5.69 Å². The van der Waals surface area contributed by atoms with E-state index in [1.165, 1.54) is 0 Å². The number of pyridine rings is 2. The Morgan fingerprint density at radius 3 is 2.88 bits per heavy atom. The van der Waals surface area contributed by atoms with Crippen molar-refractivity contribution in [3.05, 3.63) is 60.8 Å². The number of aromatic nitrogens is 3. The Bertz CT molecular complexity index is 586. The zero-order chi connectivity index (χ0) is 11.5. The summed E-state index contributed by atoms with van der Waals surface area (Å²) in [5, 5.41) is 0. The first kappa shape index (κ1) is 9.84. The van der Waals surface area contributed by atoms with Crippen LogP contribution in [0.4, 0.5) is 0 Å². The SMILES string of the molecule is c1ccn2cc(COc3cc[nH+]cc3)nc2c1. The minimum absolute atomic E-state index is 0.478. The van der Waals surface area contributed by atoms with Gasteiger partial charge in [-0.3, -0.25) is 0 Å². The standard InChI is InChI=1S/C13H11N3O/c1-2-8-16-9-11(15-13(16)3-1)10-17-12-4-6-14-7-5-12/h1-9H,10H2/p+1. The van der Waals surface area contributed by atoms with E-state index in [-0.39, 0.29) is 0 Å². The molecule has 0 amide bonds. The predicted octanol–water partition coefficient (Wildman–Crippen LogP) is 1.73. The molecule has 4 heteroatoms. The lowest BCUT2D eigenvalue weighted by Gasteiger charge is -2.00. The molecule has 3 rings (SSSR count). The summed E-state index contributed by atoms with van der Waals surface area (Å²) in [6.45, 7) is 0.478. The van der Waals surface area contributed by atoms with Crippen molar-refractivity contribution >= 4 is 5.65 Å². The van der Waals surface area contributed by atoms with E-state index in [0.29, 0.717) is 6.61 Å². The number of hydrogen-bond acceptors (Lipinski definition) is 2. The molecule has 3 aromatic heterocycles. The highest BCUT2D eigenvalue weighted by molar-refractivity contribution is 5.39. The van der Waals surface area contributed by atoms with Crippen LogP contribution in [0, 0.1) is 0 Å². The molecule has 0 bridgehead atoms. The molecule has 17 heavy (non-hydrogen) atoms. The first-order chi connectivity index (χ1) is 8.42. The second-order valence-electron chi connectivity index (χ2n) is 3.72. The van der Waals surface area contributed by atoms with Crippen molar-refractivity contribution in [2.45, 2.75) is 6.61 Å². The Morgan fingerprint density at radius 1 is 1.18 bits per heavy atom. The molecule has 0 saturated heterocycles. The molecule has 0 unspecified atom stereocenters. The van der Waals surface area contributed by atoms with E-state index in [0.717, 1.165) is 17.1 Å². The van der Waals surface area contributed by atoms with Crippen molar-refractivity contribution in [1.82, 2.24) is 9.38 Å². The number of H-pyrrole nitrogens is 1. The van der Waals surface area contributed by atoms with Crippen LogP contribution >= 0.6 is 0 Å². The van der Waals surface area contributed by atoms with E-state index < -0.39 is 0 Å².